The summed E-state index contributed by atoms with van der Waals surface area (Å²) in [5.74, 6) is 1.88. The summed E-state index contributed by atoms with van der Waals surface area (Å²) in [7, 11) is 4.00. The number of thioether (sulfide) groups is 1. The zero-order valence-corrected chi connectivity index (χ0v) is 12.7. The largest absolute Gasteiger partial charge is 0.312 e. The topological polar surface area (TPSA) is 42.7 Å². The van der Waals surface area contributed by atoms with Crippen molar-refractivity contribution in [3.8, 4) is 0 Å². The van der Waals surface area contributed by atoms with Gasteiger partial charge in [0, 0.05) is 18.8 Å². The first-order valence-electron chi connectivity index (χ1n) is 6.35. The van der Waals surface area contributed by atoms with Gasteiger partial charge < -0.3 is 9.88 Å². The molecule has 0 aliphatic carbocycles. The van der Waals surface area contributed by atoms with Crippen LogP contribution in [0.2, 0.25) is 0 Å². The van der Waals surface area contributed by atoms with E-state index in [-0.39, 0.29) is 0 Å². The van der Waals surface area contributed by atoms with E-state index in [9.17, 15) is 0 Å². The lowest BCUT2D eigenvalue weighted by Gasteiger charge is -2.18. The number of nitrogens with one attached hydrogen (secondary N) is 1. The second kappa shape index (κ2) is 6.21. The van der Waals surface area contributed by atoms with E-state index in [4.69, 9.17) is 0 Å². The highest BCUT2D eigenvalue weighted by molar-refractivity contribution is 7.99. The van der Waals surface area contributed by atoms with E-state index >= 15 is 0 Å². The first kappa shape index (κ1) is 14.1. The Labute approximate surface area is 118 Å². The molecule has 0 bridgehead atoms. The van der Waals surface area contributed by atoms with Crippen LogP contribution in [-0.4, -0.2) is 27.6 Å². The van der Waals surface area contributed by atoms with Crippen molar-refractivity contribution in [1.82, 2.24) is 20.1 Å². The van der Waals surface area contributed by atoms with Gasteiger partial charge in [-0.1, -0.05) is 36.0 Å². The normalized spacial score (nSPS) is 12.6. The number of aryl methyl sites for hydroxylation is 2. The number of hydrogen-bond donors (Lipinski definition) is 1. The molecule has 4 nitrogen and oxygen atoms in total. The lowest BCUT2D eigenvalue weighted by molar-refractivity contribution is 0.655. The summed E-state index contributed by atoms with van der Waals surface area (Å²) >= 11 is 1.73. The van der Waals surface area contributed by atoms with Gasteiger partial charge in [-0.15, -0.1) is 10.2 Å². The van der Waals surface area contributed by atoms with Gasteiger partial charge in [-0.05, 0) is 32.0 Å². The van der Waals surface area contributed by atoms with Gasteiger partial charge >= 0.3 is 0 Å². The van der Waals surface area contributed by atoms with Crippen molar-refractivity contribution in [2.75, 3.05) is 12.8 Å². The van der Waals surface area contributed by atoms with E-state index in [1.807, 2.05) is 25.6 Å². The van der Waals surface area contributed by atoms with Gasteiger partial charge in [-0.3, -0.25) is 0 Å². The summed E-state index contributed by atoms with van der Waals surface area (Å²) < 4.78 is 2.02. The molecule has 5 heteroatoms. The average Bonchev–Trinajstić information content (AvgIpc) is 2.73. The Morgan fingerprint density at radius 3 is 2.58 bits per heavy atom. The van der Waals surface area contributed by atoms with Crippen LogP contribution in [0.25, 0.3) is 0 Å². The molecular weight excluding hydrogens is 256 g/mol. The molecule has 1 heterocycles. The lowest BCUT2D eigenvalue weighted by atomic mass is 10.0. The third kappa shape index (κ3) is 3.16. The van der Waals surface area contributed by atoms with E-state index in [0.29, 0.717) is 6.04 Å². The quantitative estimate of drug-likeness (QED) is 0.852. The van der Waals surface area contributed by atoms with Crippen LogP contribution in [0.3, 0.4) is 0 Å². The predicted octanol–water partition coefficient (Wildman–Crippen LogP) is 2.48. The third-order valence-electron chi connectivity index (χ3n) is 3.34. The third-order valence-corrected chi connectivity index (χ3v) is 4.46. The number of aromatic nitrogens is 3. The maximum Gasteiger partial charge on any atom is 0.191 e. The molecule has 1 unspecified atom stereocenters. The van der Waals surface area contributed by atoms with Crippen molar-refractivity contribution in [3.63, 3.8) is 0 Å². The summed E-state index contributed by atoms with van der Waals surface area (Å²) in [5, 5.41) is 12.6. The van der Waals surface area contributed by atoms with E-state index in [0.717, 1.165) is 16.7 Å². The van der Waals surface area contributed by atoms with E-state index in [2.05, 4.69) is 46.7 Å². The zero-order valence-electron chi connectivity index (χ0n) is 11.8. The number of rotatable bonds is 5. The molecule has 1 aromatic carbocycles. The molecule has 0 aliphatic heterocycles. The Morgan fingerprint density at radius 1 is 1.26 bits per heavy atom. The standard InChI is InChI=1S/C14H20N4S/c1-10-7-5-6-8-12(10)13(15-3)9-19-14-17-16-11(2)18(14)4/h5-8,13,15H,9H2,1-4H3. The fourth-order valence-corrected chi connectivity index (χ4v) is 3.06. The van der Waals surface area contributed by atoms with E-state index < -0.39 is 0 Å². The van der Waals surface area contributed by atoms with Crippen molar-refractivity contribution in [2.45, 2.75) is 25.0 Å². The summed E-state index contributed by atoms with van der Waals surface area (Å²) in [6, 6.07) is 8.81. The van der Waals surface area contributed by atoms with Crippen molar-refractivity contribution >= 4 is 11.8 Å². The van der Waals surface area contributed by atoms with Gasteiger partial charge in [-0.2, -0.15) is 0 Å². The Bertz CT molecular complexity index is 550. The summed E-state index contributed by atoms with van der Waals surface area (Å²) in [6.45, 7) is 4.12. The minimum Gasteiger partial charge on any atom is -0.312 e. The monoisotopic (exact) mass is 276 g/mol. The molecule has 2 rings (SSSR count). The Kier molecular flexibility index (Phi) is 4.61. The maximum atomic E-state index is 4.19. The van der Waals surface area contributed by atoms with Crippen molar-refractivity contribution in [2.24, 2.45) is 7.05 Å². The number of nitrogens with zero attached hydrogens (tertiary/aromatic N) is 3. The van der Waals surface area contributed by atoms with Gasteiger partial charge in [0.1, 0.15) is 5.82 Å². The molecule has 1 aromatic heterocycles. The second-order valence-corrected chi connectivity index (χ2v) is 5.58. The van der Waals surface area contributed by atoms with E-state index in [1.165, 1.54) is 11.1 Å². The maximum absolute atomic E-state index is 4.19. The Hall–Kier alpha value is -1.33. The molecular formula is C14H20N4S. The fourth-order valence-electron chi connectivity index (χ4n) is 1.98. The highest BCUT2D eigenvalue weighted by Gasteiger charge is 2.14. The minimum atomic E-state index is 0.322. The van der Waals surface area contributed by atoms with Gasteiger partial charge in [0.25, 0.3) is 0 Å². The van der Waals surface area contributed by atoms with Gasteiger partial charge in [0.05, 0.1) is 0 Å². The second-order valence-electron chi connectivity index (χ2n) is 4.60. The lowest BCUT2D eigenvalue weighted by Crippen LogP contribution is -2.19. The Morgan fingerprint density at radius 2 is 2.00 bits per heavy atom. The van der Waals surface area contributed by atoms with Crippen LogP contribution in [0.5, 0.6) is 0 Å². The number of benzene rings is 1. The van der Waals surface area contributed by atoms with Gasteiger partial charge in [0.2, 0.25) is 0 Å². The van der Waals surface area contributed by atoms with Crippen LogP contribution >= 0.6 is 11.8 Å². The molecule has 2 aromatic rings. The highest BCUT2D eigenvalue weighted by atomic mass is 32.2. The summed E-state index contributed by atoms with van der Waals surface area (Å²) in [5.41, 5.74) is 2.66. The molecule has 0 amide bonds. The molecule has 19 heavy (non-hydrogen) atoms. The van der Waals surface area contributed by atoms with E-state index in [1.54, 1.807) is 11.8 Å². The minimum absolute atomic E-state index is 0.322. The van der Waals surface area contributed by atoms with Crippen LogP contribution in [-0.2, 0) is 7.05 Å². The van der Waals surface area contributed by atoms with Gasteiger partial charge in [0.15, 0.2) is 5.16 Å². The molecule has 0 spiro atoms. The highest BCUT2D eigenvalue weighted by Crippen LogP contribution is 2.25. The van der Waals surface area contributed by atoms with Crippen LogP contribution < -0.4 is 5.32 Å². The van der Waals surface area contributed by atoms with Crippen LogP contribution in [0.4, 0.5) is 0 Å². The number of hydrogen-bond acceptors (Lipinski definition) is 4. The van der Waals surface area contributed by atoms with Crippen LogP contribution in [0.1, 0.15) is 23.0 Å². The van der Waals surface area contributed by atoms with Crippen molar-refractivity contribution in [3.05, 3.63) is 41.2 Å². The molecule has 1 N–H and O–H groups in total. The first-order chi connectivity index (χ1) is 9.13. The summed E-state index contributed by atoms with van der Waals surface area (Å²) in [4.78, 5) is 0. The molecule has 0 saturated carbocycles. The van der Waals surface area contributed by atoms with Crippen LogP contribution in [0, 0.1) is 13.8 Å². The van der Waals surface area contributed by atoms with Crippen molar-refractivity contribution in [1.29, 1.82) is 0 Å². The SMILES string of the molecule is CNC(CSc1nnc(C)n1C)c1ccccc1C. The molecule has 102 valence electrons. The smallest absolute Gasteiger partial charge is 0.191 e. The molecule has 0 radical (unpaired) electrons. The fraction of sp³-hybridized carbons (Fsp3) is 0.429. The average molecular weight is 276 g/mol. The van der Waals surface area contributed by atoms with Crippen LogP contribution in [0.15, 0.2) is 29.4 Å². The predicted molar refractivity (Wildman–Crippen MR) is 79.4 cm³/mol. The zero-order chi connectivity index (χ0) is 13.8. The first-order valence-corrected chi connectivity index (χ1v) is 7.33. The molecule has 0 aliphatic rings. The molecule has 0 fully saturated rings. The Balaban J connectivity index is 2.08. The summed E-state index contributed by atoms with van der Waals surface area (Å²) in [6.07, 6.45) is 0. The molecule has 1 atom stereocenters. The molecule has 0 saturated heterocycles. The van der Waals surface area contributed by atoms with Crippen molar-refractivity contribution < 1.29 is 0 Å². The van der Waals surface area contributed by atoms with Gasteiger partial charge in [-0.25, -0.2) is 0 Å².